The van der Waals surface area contributed by atoms with E-state index in [1.54, 1.807) is 12.4 Å². The van der Waals surface area contributed by atoms with Crippen molar-refractivity contribution in [1.82, 2.24) is 9.88 Å². The van der Waals surface area contributed by atoms with Crippen molar-refractivity contribution >= 4 is 29.7 Å². The predicted octanol–water partition coefficient (Wildman–Crippen LogP) is 4.83. The van der Waals surface area contributed by atoms with E-state index in [2.05, 4.69) is 35.8 Å². The molecule has 5 rings (SSSR count). The number of carbonyl (C=O) groups excluding carboxylic acids is 2. The molecule has 2 unspecified atom stereocenters. The van der Waals surface area contributed by atoms with E-state index in [4.69, 9.17) is 4.99 Å². The van der Waals surface area contributed by atoms with Crippen LogP contribution in [0.15, 0.2) is 89.0 Å². The second kappa shape index (κ2) is 10.7. The van der Waals surface area contributed by atoms with Crippen LogP contribution in [0, 0.1) is 0 Å². The topological polar surface area (TPSA) is 87.0 Å². The van der Waals surface area contributed by atoms with E-state index in [-0.39, 0.29) is 17.9 Å². The molecule has 8 nitrogen and oxygen atoms in total. The number of aryl methyl sites for hydroxylation is 1. The van der Waals surface area contributed by atoms with Crippen LogP contribution in [-0.4, -0.2) is 57.9 Å². The van der Waals surface area contributed by atoms with E-state index in [9.17, 15) is 9.59 Å². The Labute approximate surface area is 223 Å². The highest BCUT2D eigenvalue weighted by molar-refractivity contribution is 6.05. The Balaban J connectivity index is 1.42. The number of nitrogens with zero attached hydrogens (tertiary/aromatic N) is 5. The molecule has 1 fully saturated rings. The lowest BCUT2D eigenvalue weighted by atomic mass is 9.98. The van der Waals surface area contributed by atoms with Gasteiger partial charge in [0.1, 0.15) is 17.7 Å². The van der Waals surface area contributed by atoms with Crippen LogP contribution in [-0.2, 0) is 11.2 Å². The molecule has 3 aliphatic heterocycles. The van der Waals surface area contributed by atoms with Crippen LogP contribution in [0.2, 0.25) is 0 Å². The summed E-state index contributed by atoms with van der Waals surface area (Å²) in [5.41, 5.74) is 4.41. The van der Waals surface area contributed by atoms with Crippen molar-refractivity contribution in [2.45, 2.75) is 45.1 Å². The molecule has 38 heavy (non-hydrogen) atoms. The number of piperidine rings is 1. The van der Waals surface area contributed by atoms with Crippen LogP contribution in [0.1, 0.15) is 54.1 Å². The summed E-state index contributed by atoms with van der Waals surface area (Å²) >= 11 is 0. The Hall–Kier alpha value is -4.17. The van der Waals surface area contributed by atoms with Crippen molar-refractivity contribution in [3.8, 4) is 0 Å². The molecule has 0 saturated carbocycles. The number of amidine groups is 1. The molecular formula is C30H33N6O2+. The molecule has 2 atom stereocenters. The van der Waals surface area contributed by atoms with E-state index in [1.807, 2.05) is 53.7 Å². The normalized spacial score (nSPS) is 22.2. The minimum absolute atomic E-state index is 0.0750. The van der Waals surface area contributed by atoms with E-state index < -0.39 is 0 Å². The number of likely N-dealkylation sites (tertiary alicyclic amines) is 1. The number of pyridine rings is 1. The van der Waals surface area contributed by atoms with Crippen LogP contribution in [0.25, 0.3) is 0 Å². The molecule has 1 saturated heterocycles. The van der Waals surface area contributed by atoms with Gasteiger partial charge in [-0.3, -0.25) is 14.6 Å². The number of anilines is 1. The average Bonchev–Trinajstić information content (AvgIpc) is 3.26. The lowest BCUT2D eigenvalue weighted by Crippen LogP contribution is -2.45. The van der Waals surface area contributed by atoms with Crippen molar-refractivity contribution in [1.29, 1.82) is 0 Å². The summed E-state index contributed by atoms with van der Waals surface area (Å²) in [5, 5.41) is 2.90. The number of aliphatic imine (C=N–C) groups is 2. The number of fused-ring (bicyclic) bond motifs is 1. The fourth-order valence-corrected chi connectivity index (χ4v) is 5.37. The summed E-state index contributed by atoms with van der Waals surface area (Å²) < 4.78 is 0.352. The van der Waals surface area contributed by atoms with Gasteiger partial charge in [0, 0.05) is 18.3 Å². The third-order valence-electron chi connectivity index (χ3n) is 7.36. The number of allylic oxidation sites excluding steroid dienone is 1. The third-order valence-corrected chi connectivity index (χ3v) is 7.36. The zero-order valence-electron chi connectivity index (χ0n) is 21.9. The highest BCUT2D eigenvalue weighted by atomic mass is 16.2. The molecule has 0 aliphatic carbocycles. The van der Waals surface area contributed by atoms with Crippen molar-refractivity contribution in [2.24, 2.45) is 9.98 Å². The van der Waals surface area contributed by atoms with Crippen molar-refractivity contribution in [3.63, 3.8) is 0 Å². The van der Waals surface area contributed by atoms with Crippen molar-refractivity contribution < 1.29 is 14.1 Å². The number of nitrogens with one attached hydrogen (secondary N) is 1. The Morgan fingerprint density at radius 2 is 2.03 bits per heavy atom. The number of hydrogen-bond acceptors (Lipinski definition) is 5. The molecule has 2 amide bonds. The summed E-state index contributed by atoms with van der Waals surface area (Å²) in [7, 11) is 2.07. The molecule has 194 valence electrons. The first-order valence-electron chi connectivity index (χ1n) is 13.2. The van der Waals surface area contributed by atoms with Gasteiger partial charge in [0.15, 0.2) is 5.70 Å². The average molecular weight is 510 g/mol. The molecule has 0 bridgehead atoms. The summed E-state index contributed by atoms with van der Waals surface area (Å²) in [4.78, 5) is 41.2. The van der Waals surface area contributed by atoms with Gasteiger partial charge in [-0.15, -0.1) is 0 Å². The van der Waals surface area contributed by atoms with Gasteiger partial charge in [-0.25, -0.2) is 9.47 Å². The van der Waals surface area contributed by atoms with Crippen LogP contribution in [0.4, 0.5) is 5.82 Å². The Bertz CT molecular complexity index is 1390. The quantitative estimate of drug-likeness (QED) is 0.429. The number of rotatable bonds is 7. The van der Waals surface area contributed by atoms with Gasteiger partial charge in [-0.05, 0) is 73.7 Å². The van der Waals surface area contributed by atoms with E-state index in [0.717, 1.165) is 60.5 Å². The van der Waals surface area contributed by atoms with Crippen molar-refractivity contribution in [3.05, 3.63) is 95.7 Å². The molecule has 0 radical (unpaired) electrons. The van der Waals surface area contributed by atoms with Gasteiger partial charge in [-0.2, -0.15) is 4.99 Å². The fourth-order valence-electron chi connectivity index (χ4n) is 5.37. The monoisotopic (exact) mass is 509 g/mol. The van der Waals surface area contributed by atoms with Crippen LogP contribution < -0.4 is 5.32 Å². The van der Waals surface area contributed by atoms with Crippen molar-refractivity contribution in [2.75, 3.05) is 18.9 Å². The number of hydrogen-bond donors (Lipinski definition) is 1. The smallest absolute Gasteiger partial charge is 0.256 e. The zero-order valence-corrected chi connectivity index (χ0v) is 21.9. The zero-order chi connectivity index (χ0) is 26.7. The van der Waals surface area contributed by atoms with Gasteiger partial charge >= 0.3 is 0 Å². The largest absolute Gasteiger partial charge is 0.330 e. The number of carbonyl (C=O) groups is 2. The van der Waals surface area contributed by atoms with E-state index in [1.165, 1.54) is 6.08 Å². The first kappa shape index (κ1) is 25.5. The molecule has 8 heteroatoms. The van der Waals surface area contributed by atoms with Gasteiger partial charge in [0.25, 0.3) is 5.91 Å². The molecule has 1 N–H and O–H groups in total. The minimum atomic E-state index is -0.211. The van der Waals surface area contributed by atoms with Crippen LogP contribution >= 0.6 is 0 Å². The molecule has 0 spiro atoms. The molecule has 4 heterocycles. The maximum Gasteiger partial charge on any atom is 0.256 e. The van der Waals surface area contributed by atoms with Gasteiger partial charge in [0.2, 0.25) is 11.7 Å². The highest BCUT2D eigenvalue weighted by Crippen LogP contribution is 2.38. The van der Waals surface area contributed by atoms with Gasteiger partial charge < -0.3 is 10.2 Å². The van der Waals surface area contributed by atoms with Crippen LogP contribution in [0.3, 0.4) is 0 Å². The highest BCUT2D eigenvalue weighted by Gasteiger charge is 2.46. The fraction of sp³-hybridized carbons (Fsp3) is 0.300. The maximum absolute atomic E-state index is 12.9. The van der Waals surface area contributed by atoms with Crippen LogP contribution in [0.5, 0.6) is 0 Å². The second-order valence-electron chi connectivity index (χ2n) is 9.94. The lowest BCUT2D eigenvalue weighted by molar-refractivity contribution is -0.713. The first-order chi connectivity index (χ1) is 18.4. The third kappa shape index (κ3) is 4.75. The summed E-state index contributed by atoms with van der Waals surface area (Å²) in [6, 6.07) is 11.2. The second-order valence-corrected chi connectivity index (χ2v) is 9.94. The van der Waals surface area contributed by atoms with E-state index in [0.29, 0.717) is 22.4 Å². The summed E-state index contributed by atoms with van der Waals surface area (Å²) in [6.07, 6.45) is 13.5. The molecular weight excluding hydrogens is 476 g/mol. The predicted molar refractivity (Wildman–Crippen MR) is 150 cm³/mol. The molecule has 1 aromatic heterocycles. The van der Waals surface area contributed by atoms with Gasteiger partial charge in [-0.1, -0.05) is 19.9 Å². The Morgan fingerprint density at radius 3 is 2.79 bits per heavy atom. The number of quaternary nitrogens is 1. The lowest BCUT2D eigenvalue weighted by Gasteiger charge is -2.35. The standard InChI is InChI=1S/C30H32N6O2/c1-4-8-21-14-15-32-26(19-21)33-30(38)23-12-10-22(11-13-23)29-34-28(25-20-31-16-18-36(25,29)3)24-9-6-7-17-35(24)27(37)5-2/h5,10-16,18-20,24H,2,4,6-9,17H2,1,3H3/p+1. The van der Waals surface area contributed by atoms with Gasteiger partial charge in [0.05, 0.1) is 31.1 Å². The van der Waals surface area contributed by atoms with E-state index >= 15 is 0 Å². The minimum Gasteiger partial charge on any atom is -0.330 e. The Morgan fingerprint density at radius 1 is 1.21 bits per heavy atom. The Kier molecular flexibility index (Phi) is 7.15. The number of aromatic nitrogens is 1. The summed E-state index contributed by atoms with van der Waals surface area (Å²) in [5.74, 6) is 1.09. The summed E-state index contributed by atoms with van der Waals surface area (Å²) in [6.45, 7) is 6.51. The molecule has 3 aliphatic rings. The molecule has 1 aromatic carbocycles. The maximum atomic E-state index is 12.9. The SMILES string of the molecule is C=CC(=O)N1CCCCC1C1=C2C=NC=C[N+]2(C)C(c2ccc(C(=O)Nc3cc(CCC)ccn3)cc2)=N1. The first-order valence-corrected chi connectivity index (χ1v) is 13.2. The number of benzene rings is 1. The number of amides is 2. The molecule has 2 aromatic rings.